The first-order chi connectivity index (χ1) is 10.1. The molecule has 2 unspecified atom stereocenters. The zero-order chi connectivity index (χ0) is 15.2. The fourth-order valence-electron chi connectivity index (χ4n) is 3.13. The summed E-state index contributed by atoms with van der Waals surface area (Å²) in [6.07, 6.45) is 6.62. The van der Waals surface area contributed by atoms with E-state index in [1.807, 2.05) is 38.1 Å². The molecule has 1 aromatic rings. The second kappa shape index (κ2) is 7.60. The average molecular weight is 288 g/mol. The van der Waals surface area contributed by atoms with Gasteiger partial charge in [-0.05, 0) is 51.7 Å². The van der Waals surface area contributed by atoms with Crippen molar-refractivity contribution in [3.8, 4) is 0 Å². The molecule has 1 aromatic carbocycles. The predicted molar refractivity (Wildman–Crippen MR) is 88.4 cm³/mol. The van der Waals surface area contributed by atoms with Crippen LogP contribution in [0.3, 0.4) is 0 Å². The fraction of sp³-hybridized carbons (Fsp3) is 0.611. The molecule has 116 valence electrons. The van der Waals surface area contributed by atoms with Crippen LogP contribution in [0.1, 0.15) is 51.5 Å². The summed E-state index contributed by atoms with van der Waals surface area (Å²) >= 11 is 0. The average Bonchev–Trinajstić information content (AvgIpc) is 2.50. The van der Waals surface area contributed by atoms with E-state index in [1.54, 1.807) is 0 Å². The summed E-state index contributed by atoms with van der Waals surface area (Å²) in [7, 11) is 0. The Labute approximate surface area is 128 Å². The minimum Gasteiger partial charge on any atom is -0.325 e. The molecule has 1 amide bonds. The molecule has 0 aliphatic heterocycles. The highest BCUT2D eigenvalue weighted by Gasteiger charge is 2.23. The van der Waals surface area contributed by atoms with Gasteiger partial charge >= 0.3 is 0 Å². The number of amides is 1. The molecule has 0 spiro atoms. The van der Waals surface area contributed by atoms with E-state index in [9.17, 15) is 4.79 Å². The Morgan fingerprint density at radius 1 is 1.10 bits per heavy atom. The lowest BCUT2D eigenvalue weighted by molar-refractivity contribution is -0.118. The number of anilines is 1. The highest BCUT2D eigenvalue weighted by atomic mass is 16.2. The molecule has 1 fully saturated rings. The SMILES string of the molecule is Cc1ccc(NC(=O)C(C)NC(C)C2CCCCC2)cc1. The van der Waals surface area contributed by atoms with Gasteiger partial charge < -0.3 is 10.6 Å². The van der Waals surface area contributed by atoms with Crippen molar-refractivity contribution >= 4 is 11.6 Å². The van der Waals surface area contributed by atoms with Crippen molar-refractivity contribution in [1.29, 1.82) is 0 Å². The third-order valence-electron chi connectivity index (χ3n) is 4.58. The predicted octanol–water partition coefficient (Wildman–Crippen LogP) is 3.88. The summed E-state index contributed by atoms with van der Waals surface area (Å²) in [5, 5.41) is 6.44. The highest BCUT2D eigenvalue weighted by Crippen LogP contribution is 2.26. The number of carbonyl (C=O) groups excluding carboxylic acids is 1. The van der Waals surface area contributed by atoms with Gasteiger partial charge in [0.15, 0.2) is 0 Å². The number of nitrogens with one attached hydrogen (secondary N) is 2. The van der Waals surface area contributed by atoms with Crippen LogP contribution in [-0.2, 0) is 4.79 Å². The van der Waals surface area contributed by atoms with Crippen LogP contribution in [-0.4, -0.2) is 18.0 Å². The zero-order valence-electron chi connectivity index (χ0n) is 13.5. The maximum absolute atomic E-state index is 12.2. The number of benzene rings is 1. The van der Waals surface area contributed by atoms with Crippen molar-refractivity contribution in [3.05, 3.63) is 29.8 Å². The van der Waals surface area contributed by atoms with Gasteiger partial charge in [-0.15, -0.1) is 0 Å². The molecule has 3 nitrogen and oxygen atoms in total. The first kappa shape index (κ1) is 16.0. The van der Waals surface area contributed by atoms with Crippen LogP contribution >= 0.6 is 0 Å². The quantitative estimate of drug-likeness (QED) is 0.863. The third-order valence-corrected chi connectivity index (χ3v) is 4.58. The Bertz CT molecular complexity index is 449. The summed E-state index contributed by atoms with van der Waals surface area (Å²) < 4.78 is 0. The first-order valence-corrected chi connectivity index (χ1v) is 8.20. The van der Waals surface area contributed by atoms with Gasteiger partial charge in [0.1, 0.15) is 0 Å². The number of aryl methyl sites for hydroxylation is 1. The maximum atomic E-state index is 12.2. The Morgan fingerprint density at radius 3 is 2.33 bits per heavy atom. The molecule has 1 aliphatic carbocycles. The molecule has 1 aliphatic rings. The number of hydrogen-bond donors (Lipinski definition) is 2. The van der Waals surface area contributed by atoms with E-state index in [0.717, 1.165) is 5.69 Å². The van der Waals surface area contributed by atoms with Crippen molar-refractivity contribution < 1.29 is 4.79 Å². The van der Waals surface area contributed by atoms with Gasteiger partial charge in [0, 0.05) is 11.7 Å². The van der Waals surface area contributed by atoms with E-state index in [4.69, 9.17) is 0 Å². The van der Waals surface area contributed by atoms with Crippen LogP contribution in [0.4, 0.5) is 5.69 Å². The molecule has 3 heteroatoms. The number of rotatable bonds is 5. The largest absolute Gasteiger partial charge is 0.325 e. The molecule has 1 saturated carbocycles. The second-order valence-corrected chi connectivity index (χ2v) is 6.43. The molecule has 0 saturated heterocycles. The fourth-order valence-corrected chi connectivity index (χ4v) is 3.13. The van der Waals surface area contributed by atoms with Crippen LogP contribution in [0.25, 0.3) is 0 Å². The summed E-state index contributed by atoms with van der Waals surface area (Å²) in [6.45, 7) is 6.20. The Hall–Kier alpha value is -1.35. The standard InChI is InChI=1S/C18H28N2O/c1-13-9-11-17(12-10-13)20-18(21)15(3)19-14(2)16-7-5-4-6-8-16/h9-12,14-16,19H,4-8H2,1-3H3,(H,20,21). The van der Waals surface area contributed by atoms with Crippen molar-refractivity contribution in [2.75, 3.05) is 5.32 Å². The van der Waals surface area contributed by atoms with Crippen molar-refractivity contribution in [1.82, 2.24) is 5.32 Å². The lowest BCUT2D eigenvalue weighted by atomic mass is 9.84. The smallest absolute Gasteiger partial charge is 0.241 e. The Morgan fingerprint density at radius 2 is 1.71 bits per heavy atom. The third kappa shape index (κ3) is 4.85. The number of hydrogen-bond acceptors (Lipinski definition) is 2. The van der Waals surface area contributed by atoms with Crippen molar-refractivity contribution in [2.45, 2.75) is 65.0 Å². The number of carbonyl (C=O) groups is 1. The van der Waals surface area contributed by atoms with Crippen LogP contribution in [0.5, 0.6) is 0 Å². The van der Waals surface area contributed by atoms with Gasteiger partial charge in [-0.25, -0.2) is 0 Å². The van der Waals surface area contributed by atoms with Crippen LogP contribution in [0, 0.1) is 12.8 Å². The van der Waals surface area contributed by atoms with Gasteiger partial charge in [-0.2, -0.15) is 0 Å². The van der Waals surface area contributed by atoms with Crippen LogP contribution < -0.4 is 10.6 Å². The normalized spacial score (nSPS) is 19.0. The van der Waals surface area contributed by atoms with Crippen LogP contribution in [0.15, 0.2) is 24.3 Å². The molecule has 0 bridgehead atoms. The molecule has 2 atom stereocenters. The van der Waals surface area contributed by atoms with Gasteiger partial charge in [0.25, 0.3) is 0 Å². The summed E-state index contributed by atoms with van der Waals surface area (Å²) in [4.78, 5) is 12.2. The van der Waals surface area contributed by atoms with E-state index in [1.165, 1.54) is 37.7 Å². The second-order valence-electron chi connectivity index (χ2n) is 6.43. The molecule has 0 aromatic heterocycles. The van der Waals surface area contributed by atoms with E-state index in [-0.39, 0.29) is 11.9 Å². The van der Waals surface area contributed by atoms with Gasteiger partial charge in [-0.3, -0.25) is 4.79 Å². The van der Waals surface area contributed by atoms with Gasteiger partial charge in [0.2, 0.25) is 5.91 Å². The lowest BCUT2D eigenvalue weighted by Crippen LogP contribution is -2.46. The summed E-state index contributed by atoms with van der Waals surface area (Å²) in [5.41, 5.74) is 2.06. The zero-order valence-corrected chi connectivity index (χ0v) is 13.5. The minimum absolute atomic E-state index is 0.0431. The summed E-state index contributed by atoms with van der Waals surface area (Å²) in [5.74, 6) is 0.759. The molecule has 0 radical (unpaired) electrons. The van der Waals surface area contributed by atoms with Crippen molar-refractivity contribution in [3.63, 3.8) is 0 Å². The van der Waals surface area contributed by atoms with E-state index < -0.39 is 0 Å². The van der Waals surface area contributed by atoms with Crippen molar-refractivity contribution in [2.24, 2.45) is 5.92 Å². The molecular weight excluding hydrogens is 260 g/mol. The molecule has 0 heterocycles. The molecular formula is C18H28N2O. The minimum atomic E-state index is -0.164. The van der Waals surface area contributed by atoms with Gasteiger partial charge in [-0.1, -0.05) is 37.0 Å². The molecule has 21 heavy (non-hydrogen) atoms. The molecule has 2 rings (SSSR count). The van der Waals surface area contributed by atoms with E-state index in [0.29, 0.717) is 12.0 Å². The topological polar surface area (TPSA) is 41.1 Å². The summed E-state index contributed by atoms with van der Waals surface area (Å²) in [6, 6.07) is 8.17. The maximum Gasteiger partial charge on any atom is 0.241 e. The monoisotopic (exact) mass is 288 g/mol. The van der Waals surface area contributed by atoms with E-state index >= 15 is 0 Å². The van der Waals surface area contributed by atoms with Crippen LogP contribution in [0.2, 0.25) is 0 Å². The highest BCUT2D eigenvalue weighted by molar-refractivity contribution is 5.94. The van der Waals surface area contributed by atoms with Gasteiger partial charge in [0.05, 0.1) is 6.04 Å². The first-order valence-electron chi connectivity index (χ1n) is 8.20. The molecule has 2 N–H and O–H groups in total. The Kier molecular flexibility index (Phi) is 5.80. The van der Waals surface area contributed by atoms with E-state index in [2.05, 4.69) is 17.6 Å². The Balaban J connectivity index is 1.82. The lowest BCUT2D eigenvalue weighted by Gasteiger charge is -2.30.